The molecule has 0 radical (unpaired) electrons. The highest BCUT2D eigenvalue weighted by molar-refractivity contribution is 4.94. The van der Waals surface area contributed by atoms with Crippen molar-refractivity contribution in [2.45, 2.75) is 231 Å². The van der Waals surface area contributed by atoms with Crippen molar-refractivity contribution in [3.63, 3.8) is 0 Å². The van der Waals surface area contributed by atoms with Gasteiger partial charge < -0.3 is 14.6 Å². The second-order valence-corrected chi connectivity index (χ2v) is 14.4. The summed E-state index contributed by atoms with van der Waals surface area (Å²) < 4.78 is 13.2. The van der Waals surface area contributed by atoms with Gasteiger partial charge in [0.25, 0.3) is 0 Å². The molecule has 3 nitrogen and oxygen atoms in total. The number of allylic oxidation sites excluding steroid dienone is 6. The van der Waals surface area contributed by atoms with Crippen LogP contribution >= 0.6 is 0 Å². The second kappa shape index (κ2) is 28.1. The SMILES string of the molecule is CCCCCC=CCC=CCCCCCCCCC1(CCCCCCCCC=CCCCCCCCC)O[C@H]2CC(O)C[C@H]2O1. The first-order chi connectivity index (χ1) is 22.2. The van der Waals surface area contributed by atoms with E-state index in [0.717, 1.165) is 32.1 Å². The number of ether oxygens (including phenoxy) is 2. The van der Waals surface area contributed by atoms with Gasteiger partial charge in [0.15, 0.2) is 5.79 Å². The molecule has 1 heterocycles. The van der Waals surface area contributed by atoms with Crippen molar-refractivity contribution in [1.29, 1.82) is 0 Å². The lowest BCUT2D eigenvalue weighted by Gasteiger charge is -2.30. The van der Waals surface area contributed by atoms with E-state index >= 15 is 0 Å². The van der Waals surface area contributed by atoms with Gasteiger partial charge in [-0.25, -0.2) is 0 Å². The van der Waals surface area contributed by atoms with Crippen LogP contribution in [0.5, 0.6) is 0 Å². The highest BCUT2D eigenvalue weighted by atomic mass is 16.8. The monoisotopic (exact) mass is 629 g/mol. The summed E-state index contributed by atoms with van der Waals surface area (Å²) in [6, 6.07) is 0. The maximum Gasteiger partial charge on any atom is 0.169 e. The smallest absolute Gasteiger partial charge is 0.169 e. The first-order valence-electron chi connectivity index (χ1n) is 20.2. The third-order valence-corrected chi connectivity index (χ3v) is 9.98. The van der Waals surface area contributed by atoms with E-state index in [2.05, 4.69) is 50.3 Å². The highest BCUT2D eigenvalue weighted by Crippen LogP contribution is 2.43. The second-order valence-electron chi connectivity index (χ2n) is 14.4. The fourth-order valence-corrected chi connectivity index (χ4v) is 7.15. The highest BCUT2D eigenvalue weighted by Gasteiger charge is 2.50. The van der Waals surface area contributed by atoms with E-state index < -0.39 is 0 Å². The lowest BCUT2D eigenvalue weighted by atomic mass is 9.98. The van der Waals surface area contributed by atoms with Crippen LogP contribution in [0.3, 0.4) is 0 Å². The zero-order valence-electron chi connectivity index (χ0n) is 30.2. The minimum atomic E-state index is -0.383. The summed E-state index contributed by atoms with van der Waals surface area (Å²) in [5.41, 5.74) is 0. The quantitative estimate of drug-likeness (QED) is 0.0613. The number of fused-ring (bicyclic) bond motifs is 1. The van der Waals surface area contributed by atoms with Gasteiger partial charge in [-0.3, -0.25) is 0 Å². The van der Waals surface area contributed by atoms with E-state index in [0.29, 0.717) is 0 Å². The van der Waals surface area contributed by atoms with Gasteiger partial charge in [-0.05, 0) is 70.6 Å². The molecule has 0 bridgehead atoms. The maximum absolute atomic E-state index is 10.1. The van der Waals surface area contributed by atoms with Gasteiger partial charge in [0.1, 0.15) is 0 Å². The van der Waals surface area contributed by atoms with Crippen LogP contribution in [0.1, 0.15) is 206 Å². The number of hydrogen-bond donors (Lipinski definition) is 1. The van der Waals surface area contributed by atoms with Gasteiger partial charge >= 0.3 is 0 Å². The normalized spacial score (nSPS) is 23.4. The third kappa shape index (κ3) is 20.8. The van der Waals surface area contributed by atoms with E-state index in [1.807, 2.05) is 0 Å². The Morgan fingerprint density at radius 3 is 1.24 bits per heavy atom. The molecular weight excluding hydrogens is 552 g/mol. The van der Waals surface area contributed by atoms with Crippen LogP contribution in [0.25, 0.3) is 0 Å². The number of rotatable bonds is 31. The summed E-state index contributed by atoms with van der Waals surface area (Å²) in [7, 11) is 0. The summed E-state index contributed by atoms with van der Waals surface area (Å²) in [5, 5.41) is 10.1. The van der Waals surface area contributed by atoms with Crippen molar-refractivity contribution in [1.82, 2.24) is 0 Å². The Kier molecular flexibility index (Phi) is 25.2. The molecule has 262 valence electrons. The first-order valence-corrected chi connectivity index (χ1v) is 20.2. The standard InChI is InChI=1S/C42H76O3/c1-3-5-7-9-11-13-15-17-19-21-23-25-27-29-31-33-35-42(44-40-37-39(43)38-41(40)45-42)36-34-32-30-28-26-24-22-20-18-16-14-12-10-8-6-4-2/h11,13,17-20,39-41,43H,3-10,12,14-16,21-38H2,1-2H3/t39?,40-,41+,42?. The average molecular weight is 629 g/mol. The summed E-state index contributed by atoms with van der Waals surface area (Å²) in [4.78, 5) is 0. The molecule has 1 saturated heterocycles. The number of hydrogen-bond acceptors (Lipinski definition) is 3. The summed E-state index contributed by atoms with van der Waals surface area (Å²) in [6.07, 6.45) is 51.8. The third-order valence-electron chi connectivity index (χ3n) is 9.98. The van der Waals surface area contributed by atoms with E-state index in [-0.39, 0.29) is 24.1 Å². The van der Waals surface area contributed by atoms with Crippen LogP contribution in [0.15, 0.2) is 36.5 Å². The van der Waals surface area contributed by atoms with Crippen LogP contribution in [0, 0.1) is 0 Å². The van der Waals surface area contributed by atoms with Gasteiger partial charge in [0, 0.05) is 25.7 Å². The summed E-state index contributed by atoms with van der Waals surface area (Å²) in [5.74, 6) is -0.383. The molecule has 1 aliphatic heterocycles. The van der Waals surface area contributed by atoms with E-state index in [1.165, 1.54) is 161 Å². The van der Waals surface area contributed by atoms with Crippen LogP contribution in [-0.2, 0) is 9.47 Å². The van der Waals surface area contributed by atoms with Gasteiger partial charge in [-0.15, -0.1) is 0 Å². The first kappa shape index (κ1) is 40.3. The van der Waals surface area contributed by atoms with E-state index in [4.69, 9.17) is 9.47 Å². The minimum absolute atomic E-state index is 0.110. The Balaban J connectivity index is 1.48. The molecule has 1 N–H and O–H groups in total. The summed E-state index contributed by atoms with van der Waals surface area (Å²) >= 11 is 0. The van der Waals surface area contributed by atoms with E-state index in [9.17, 15) is 5.11 Å². The molecule has 2 unspecified atom stereocenters. The molecule has 2 rings (SSSR count). The lowest BCUT2D eigenvalue weighted by molar-refractivity contribution is -0.194. The molecule has 4 atom stereocenters. The molecule has 0 aromatic carbocycles. The van der Waals surface area contributed by atoms with Gasteiger partial charge in [0.2, 0.25) is 0 Å². The molecule has 1 aliphatic carbocycles. The number of aliphatic hydroxyl groups excluding tert-OH is 1. The Hall–Kier alpha value is -0.900. The predicted molar refractivity (Wildman–Crippen MR) is 196 cm³/mol. The zero-order chi connectivity index (χ0) is 32.1. The summed E-state index contributed by atoms with van der Waals surface area (Å²) in [6.45, 7) is 4.55. The average Bonchev–Trinajstić information content (AvgIpc) is 3.54. The zero-order valence-corrected chi connectivity index (χ0v) is 30.2. The molecular formula is C42H76O3. The van der Waals surface area contributed by atoms with Gasteiger partial charge in [0.05, 0.1) is 18.3 Å². The number of aliphatic hydroxyl groups is 1. The van der Waals surface area contributed by atoms with Gasteiger partial charge in [-0.1, -0.05) is 147 Å². The van der Waals surface area contributed by atoms with Crippen molar-refractivity contribution in [3.8, 4) is 0 Å². The topological polar surface area (TPSA) is 38.7 Å². The number of unbranched alkanes of at least 4 members (excludes halogenated alkanes) is 21. The Bertz CT molecular complexity index is 726. The van der Waals surface area contributed by atoms with E-state index in [1.54, 1.807) is 0 Å². The van der Waals surface area contributed by atoms with Gasteiger partial charge in [-0.2, -0.15) is 0 Å². The predicted octanol–water partition coefficient (Wildman–Crippen LogP) is 13.3. The molecule has 0 aromatic rings. The molecule has 2 fully saturated rings. The molecule has 45 heavy (non-hydrogen) atoms. The van der Waals surface area contributed by atoms with Crippen molar-refractivity contribution in [3.05, 3.63) is 36.5 Å². The molecule has 0 spiro atoms. The maximum atomic E-state index is 10.1. The molecule has 0 amide bonds. The minimum Gasteiger partial charge on any atom is -0.393 e. The van der Waals surface area contributed by atoms with Crippen molar-refractivity contribution >= 4 is 0 Å². The molecule has 0 aromatic heterocycles. The fourth-order valence-electron chi connectivity index (χ4n) is 7.15. The van der Waals surface area contributed by atoms with Crippen molar-refractivity contribution in [2.75, 3.05) is 0 Å². The Morgan fingerprint density at radius 2 is 0.800 bits per heavy atom. The Morgan fingerprint density at radius 1 is 0.467 bits per heavy atom. The fraction of sp³-hybridized carbons (Fsp3) is 0.857. The largest absolute Gasteiger partial charge is 0.393 e. The molecule has 2 aliphatic rings. The van der Waals surface area contributed by atoms with Crippen molar-refractivity contribution < 1.29 is 14.6 Å². The molecule has 3 heteroatoms. The lowest BCUT2D eigenvalue weighted by Crippen LogP contribution is -2.32. The van der Waals surface area contributed by atoms with Crippen LogP contribution in [0.4, 0.5) is 0 Å². The molecule has 1 saturated carbocycles. The Labute approximate surface area is 281 Å². The van der Waals surface area contributed by atoms with Crippen LogP contribution in [0.2, 0.25) is 0 Å². The van der Waals surface area contributed by atoms with Crippen molar-refractivity contribution in [2.24, 2.45) is 0 Å². The van der Waals surface area contributed by atoms with Crippen LogP contribution < -0.4 is 0 Å². The van der Waals surface area contributed by atoms with Crippen LogP contribution in [-0.4, -0.2) is 29.2 Å².